The van der Waals surface area contributed by atoms with Crippen molar-refractivity contribution >= 4 is 41.5 Å². The lowest BCUT2D eigenvalue weighted by Gasteiger charge is -2.29. The number of hydrogen-bond acceptors (Lipinski definition) is 2. The maximum absolute atomic E-state index is 12.7. The fourth-order valence-electron chi connectivity index (χ4n) is 2.82. The van der Waals surface area contributed by atoms with Crippen molar-refractivity contribution in [2.24, 2.45) is 11.7 Å². The number of nitrogens with two attached hydrogens (primary N) is 1. The highest BCUT2D eigenvalue weighted by Crippen LogP contribution is 2.28. The number of nitrogens with zero attached hydrogens (tertiary/aromatic N) is 1. The van der Waals surface area contributed by atoms with Gasteiger partial charge in [-0.25, -0.2) is 0 Å². The SMILES string of the molecule is CC(C)N(Cc1ccc(Cl)c(Cl)c1)C(=O)C1CCC(N)C1.Cl. The van der Waals surface area contributed by atoms with Crippen molar-refractivity contribution in [3.8, 4) is 0 Å². The Kier molecular flexibility index (Phi) is 7.47. The molecule has 0 aliphatic heterocycles. The summed E-state index contributed by atoms with van der Waals surface area (Å²) in [6.45, 7) is 4.62. The van der Waals surface area contributed by atoms with E-state index in [9.17, 15) is 4.79 Å². The zero-order valence-electron chi connectivity index (χ0n) is 12.9. The summed E-state index contributed by atoms with van der Waals surface area (Å²) >= 11 is 12.0. The Labute approximate surface area is 148 Å². The number of carbonyl (C=O) groups is 1. The Morgan fingerprint density at radius 2 is 2.00 bits per heavy atom. The molecule has 6 heteroatoms. The van der Waals surface area contributed by atoms with Crippen molar-refractivity contribution in [3.05, 3.63) is 33.8 Å². The number of rotatable bonds is 4. The quantitative estimate of drug-likeness (QED) is 0.865. The topological polar surface area (TPSA) is 46.3 Å². The van der Waals surface area contributed by atoms with Gasteiger partial charge < -0.3 is 10.6 Å². The molecule has 1 aliphatic carbocycles. The lowest BCUT2D eigenvalue weighted by Crippen LogP contribution is -2.40. The zero-order chi connectivity index (χ0) is 15.6. The molecule has 0 aromatic heterocycles. The van der Waals surface area contributed by atoms with Crippen LogP contribution in [0, 0.1) is 5.92 Å². The van der Waals surface area contributed by atoms with E-state index in [1.54, 1.807) is 6.07 Å². The van der Waals surface area contributed by atoms with Crippen molar-refractivity contribution < 1.29 is 4.79 Å². The molecule has 1 aromatic carbocycles. The first-order chi connectivity index (χ1) is 9.88. The maximum atomic E-state index is 12.7. The van der Waals surface area contributed by atoms with Gasteiger partial charge in [-0.3, -0.25) is 4.79 Å². The smallest absolute Gasteiger partial charge is 0.226 e. The number of hydrogen-bond donors (Lipinski definition) is 1. The highest BCUT2D eigenvalue weighted by atomic mass is 35.5. The van der Waals surface area contributed by atoms with Crippen LogP contribution in [-0.4, -0.2) is 22.9 Å². The average molecular weight is 366 g/mol. The molecule has 22 heavy (non-hydrogen) atoms. The predicted octanol–water partition coefficient (Wildman–Crippen LogP) is 4.28. The molecule has 1 aliphatic rings. The van der Waals surface area contributed by atoms with Crippen LogP contribution in [0.5, 0.6) is 0 Å². The molecule has 0 radical (unpaired) electrons. The zero-order valence-corrected chi connectivity index (χ0v) is 15.2. The van der Waals surface area contributed by atoms with Gasteiger partial charge in [0.05, 0.1) is 10.0 Å². The van der Waals surface area contributed by atoms with Crippen LogP contribution in [0.4, 0.5) is 0 Å². The first kappa shape index (κ1) is 19.6. The van der Waals surface area contributed by atoms with Gasteiger partial charge in [-0.2, -0.15) is 0 Å². The molecule has 2 unspecified atom stereocenters. The molecule has 1 fully saturated rings. The molecular formula is C16H23Cl3N2O. The number of carbonyl (C=O) groups excluding carboxylic acids is 1. The largest absolute Gasteiger partial charge is 0.336 e. The monoisotopic (exact) mass is 364 g/mol. The minimum atomic E-state index is 0. The fraction of sp³-hybridized carbons (Fsp3) is 0.562. The van der Waals surface area contributed by atoms with Crippen LogP contribution in [0.2, 0.25) is 10.0 Å². The highest BCUT2D eigenvalue weighted by Gasteiger charge is 2.32. The number of benzene rings is 1. The van der Waals surface area contributed by atoms with Crippen LogP contribution in [0.15, 0.2) is 18.2 Å². The molecule has 2 rings (SSSR count). The summed E-state index contributed by atoms with van der Waals surface area (Å²) in [7, 11) is 0. The van der Waals surface area contributed by atoms with Crippen LogP contribution >= 0.6 is 35.6 Å². The van der Waals surface area contributed by atoms with E-state index in [1.165, 1.54) is 0 Å². The normalized spacial score (nSPS) is 20.8. The summed E-state index contributed by atoms with van der Waals surface area (Å²) in [5.74, 6) is 0.259. The van der Waals surface area contributed by atoms with Gasteiger partial charge in [0, 0.05) is 24.5 Å². The summed E-state index contributed by atoms with van der Waals surface area (Å²) in [6, 6.07) is 5.82. The van der Waals surface area contributed by atoms with Crippen LogP contribution in [0.3, 0.4) is 0 Å². The van der Waals surface area contributed by atoms with Crippen molar-refractivity contribution in [1.82, 2.24) is 4.90 Å². The van der Waals surface area contributed by atoms with Crippen LogP contribution in [-0.2, 0) is 11.3 Å². The first-order valence-electron chi connectivity index (χ1n) is 7.38. The molecule has 0 bridgehead atoms. The maximum Gasteiger partial charge on any atom is 0.226 e. The number of halogens is 3. The summed E-state index contributed by atoms with van der Waals surface area (Å²) < 4.78 is 0. The molecule has 0 saturated heterocycles. The lowest BCUT2D eigenvalue weighted by molar-refractivity contribution is -0.137. The first-order valence-corrected chi connectivity index (χ1v) is 8.14. The minimum Gasteiger partial charge on any atom is -0.336 e. The third kappa shape index (κ3) is 4.76. The fourth-order valence-corrected chi connectivity index (χ4v) is 3.15. The van der Waals surface area contributed by atoms with Gasteiger partial charge in [-0.1, -0.05) is 29.3 Å². The van der Waals surface area contributed by atoms with E-state index < -0.39 is 0 Å². The second-order valence-electron chi connectivity index (χ2n) is 6.08. The Bertz CT molecular complexity index is 522. The van der Waals surface area contributed by atoms with Crippen LogP contribution in [0.25, 0.3) is 0 Å². The molecular weight excluding hydrogens is 343 g/mol. The predicted molar refractivity (Wildman–Crippen MR) is 94.7 cm³/mol. The number of amides is 1. The van der Waals surface area contributed by atoms with E-state index in [1.807, 2.05) is 30.9 Å². The Morgan fingerprint density at radius 3 is 2.50 bits per heavy atom. The van der Waals surface area contributed by atoms with E-state index in [0.717, 1.165) is 24.8 Å². The third-order valence-corrected chi connectivity index (χ3v) is 4.80. The Balaban J connectivity index is 0.00000242. The van der Waals surface area contributed by atoms with Gasteiger partial charge in [0.25, 0.3) is 0 Å². The second-order valence-corrected chi connectivity index (χ2v) is 6.89. The summed E-state index contributed by atoms with van der Waals surface area (Å²) in [6.07, 6.45) is 2.63. The van der Waals surface area contributed by atoms with Gasteiger partial charge >= 0.3 is 0 Å². The van der Waals surface area contributed by atoms with Gasteiger partial charge in [-0.15, -0.1) is 12.4 Å². The minimum absolute atomic E-state index is 0. The van der Waals surface area contributed by atoms with E-state index in [0.29, 0.717) is 16.6 Å². The van der Waals surface area contributed by atoms with Crippen LogP contribution in [0.1, 0.15) is 38.7 Å². The van der Waals surface area contributed by atoms with Crippen molar-refractivity contribution in [2.45, 2.75) is 51.7 Å². The van der Waals surface area contributed by atoms with Gasteiger partial charge in [0.15, 0.2) is 0 Å². The molecule has 1 saturated carbocycles. The Hall–Kier alpha value is -0.480. The third-order valence-electron chi connectivity index (χ3n) is 4.07. The van der Waals surface area contributed by atoms with E-state index in [-0.39, 0.29) is 36.3 Å². The molecule has 1 amide bonds. The lowest BCUT2D eigenvalue weighted by atomic mass is 10.0. The van der Waals surface area contributed by atoms with Crippen LogP contribution < -0.4 is 5.73 Å². The highest BCUT2D eigenvalue weighted by molar-refractivity contribution is 6.42. The molecule has 124 valence electrons. The molecule has 0 spiro atoms. The molecule has 1 aromatic rings. The average Bonchev–Trinajstić information content (AvgIpc) is 2.85. The summed E-state index contributed by atoms with van der Waals surface area (Å²) in [5, 5.41) is 1.05. The second kappa shape index (κ2) is 8.39. The molecule has 3 nitrogen and oxygen atoms in total. The molecule has 2 atom stereocenters. The van der Waals surface area contributed by atoms with Gasteiger partial charge in [-0.05, 0) is 50.8 Å². The van der Waals surface area contributed by atoms with E-state index in [2.05, 4.69) is 0 Å². The summed E-state index contributed by atoms with van der Waals surface area (Å²) in [5.41, 5.74) is 6.92. The standard InChI is InChI=1S/C16H22Cl2N2O.ClH/c1-10(2)20(16(21)12-4-5-13(19)8-12)9-11-3-6-14(17)15(18)7-11;/h3,6-7,10,12-13H,4-5,8-9,19H2,1-2H3;1H. The van der Waals surface area contributed by atoms with E-state index >= 15 is 0 Å². The van der Waals surface area contributed by atoms with Crippen molar-refractivity contribution in [3.63, 3.8) is 0 Å². The van der Waals surface area contributed by atoms with E-state index in [4.69, 9.17) is 28.9 Å². The van der Waals surface area contributed by atoms with Crippen molar-refractivity contribution in [2.75, 3.05) is 0 Å². The molecule has 2 N–H and O–H groups in total. The van der Waals surface area contributed by atoms with Crippen molar-refractivity contribution in [1.29, 1.82) is 0 Å². The van der Waals surface area contributed by atoms with Gasteiger partial charge in [0.1, 0.15) is 0 Å². The van der Waals surface area contributed by atoms with Gasteiger partial charge in [0.2, 0.25) is 5.91 Å². The Morgan fingerprint density at radius 1 is 1.32 bits per heavy atom. The summed E-state index contributed by atoms with van der Waals surface area (Å²) in [4.78, 5) is 14.6. The molecule has 0 heterocycles.